The van der Waals surface area contributed by atoms with E-state index in [2.05, 4.69) is 15.9 Å². The second-order valence-electron chi connectivity index (χ2n) is 6.91. The molecule has 0 saturated carbocycles. The number of benzene rings is 3. The monoisotopic (exact) mass is 472 g/mol. The average molecular weight is 473 g/mol. The van der Waals surface area contributed by atoms with Gasteiger partial charge in [-0.05, 0) is 67.7 Å². The number of hydrogen-bond acceptors (Lipinski definition) is 3. The molecule has 0 radical (unpaired) electrons. The van der Waals surface area contributed by atoms with Crippen LogP contribution in [0.25, 0.3) is 0 Å². The van der Waals surface area contributed by atoms with E-state index in [0.717, 1.165) is 10.0 Å². The maximum Gasteiger partial charge on any atom is 0.217 e. The first-order valence-electron chi connectivity index (χ1n) is 8.94. The average Bonchev–Trinajstić information content (AvgIpc) is 2.91. The molecule has 2 N–H and O–H groups in total. The van der Waals surface area contributed by atoms with Crippen LogP contribution >= 0.6 is 28.1 Å². The fraction of sp³-hybridized carbons (Fsp3) is 0.136. The van der Waals surface area contributed by atoms with E-state index in [0.29, 0.717) is 16.9 Å². The first-order valence-corrected chi connectivity index (χ1v) is 10.1. The van der Waals surface area contributed by atoms with E-state index in [4.69, 9.17) is 12.2 Å². The highest BCUT2D eigenvalue weighted by atomic mass is 79.9. The van der Waals surface area contributed by atoms with Gasteiger partial charge in [0.2, 0.25) is 5.72 Å². The highest BCUT2D eigenvalue weighted by Crippen LogP contribution is 2.43. The number of nitrogens with zero attached hydrogens (tertiary/aromatic N) is 2. The number of aliphatic hydroxyl groups is 2. The molecule has 0 aliphatic carbocycles. The summed E-state index contributed by atoms with van der Waals surface area (Å²) in [6.45, 7) is 1.96. The fourth-order valence-corrected chi connectivity index (χ4v) is 4.20. The van der Waals surface area contributed by atoms with Crippen LogP contribution in [0.3, 0.4) is 0 Å². The Kier molecular flexibility index (Phi) is 5.16. The first kappa shape index (κ1) is 20.0. The largest absolute Gasteiger partial charge is 0.368 e. The summed E-state index contributed by atoms with van der Waals surface area (Å²) in [7, 11) is 0. The molecule has 1 aliphatic heterocycles. The Bertz CT molecular complexity index is 1040. The summed E-state index contributed by atoms with van der Waals surface area (Å²) < 4.78 is 14.4. The van der Waals surface area contributed by atoms with Crippen LogP contribution in [0.2, 0.25) is 0 Å². The van der Waals surface area contributed by atoms with Crippen LogP contribution in [0.1, 0.15) is 11.1 Å². The Labute approximate surface area is 181 Å². The highest BCUT2D eigenvalue weighted by Gasteiger charge is 2.56. The van der Waals surface area contributed by atoms with Crippen molar-refractivity contribution in [3.63, 3.8) is 0 Å². The number of anilines is 2. The van der Waals surface area contributed by atoms with Gasteiger partial charge in [0.05, 0.1) is 0 Å². The molecule has 7 heteroatoms. The molecule has 0 amide bonds. The Balaban J connectivity index is 1.89. The van der Waals surface area contributed by atoms with Gasteiger partial charge in [0.15, 0.2) is 11.3 Å². The van der Waals surface area contributed by atoms with Gasteiger partial charge in [0.1, 0.15) is 5.82 Å². The molecule has 0 unspecified atom stereocenters. The van der Waals surface area contributed by atoms with Gasteiger partial charge in [-0.3, -0.25) is 9.80 Å². The van der Waals surface area contributed by atoms with E-state index in [1.807, 2.05) is 43.3 Å². The maximum absolute atomic E-state index is 13.5. The van der Waals surface area contributed by atoms with Crippen LogP contribution in [0, 0.1) is 12.7 Å². The first-order chi connectivity index (χ1) is 13.8. The lowest BCUT2D eigenvalue weighted by molar-refractivity contribution is -0.0546. The lowest BCUT2D eigenvalue weighted by Crippen LogP contribution is -2.49. The summed E-state index contributed by atoms with van der Waals surface area (Å²) in [6.07, 6.45) is -1.41. The van der Waals surface area contributed by atoms with E-state index < -0.39 is 17.8 Å². The molecule has 1 heterocycles. The van der Waals surface area contributed by atoms with Gasteiger partial charge in [-0.2, -0.15) is 0 Å². The second-order valence-corrected chi connectivity index (χ2v) is 8.19. The zero-order valence-corrected chi connectivity index (χ0v) is 17.9. The van der Waals surface area contributed by atoms with Crippen LogP contribution in [-0.4, -0.2) is 21.6 Å². The van der Waals surface area contributed by atoms with Gasteiger partial charge < -0.3 is 10.2 Å². The molecule has 1 fully saturated rings. The molecular formula is C22H18BrFN2O2S. The third kappa shape index (κ3) is 3.34. The molecule has 148 valence electrons. The minimum Gasteiger partial charge on any atom is -0.368 e. The van der Waals surface area contributed by atoms with Crippen molar-refractivity contribution < 1.29 is 14.6 Å². The molecular weight excluding hydrogens is 455 g/mol. The van der Waals surface area contributed by atoms with E-state index in [9.17, 15) is 14.6 Å². The molecule has 0 aromatic heterocycles. The second kappa shape index (κ2) is 7.50. The van der Waals surface area contributed by atoms with Crippen LogP contribution in [0.15, 0.2) is 77.3 Å². The van der Waals surface area contributed by atoms with Gasteiger partial charge >= 0.3 is 0 Å². The fourth-order valence-electron chi connectivity index (χ4n) is 3.48. The number of hydrogen-bond donors (Lipinski definition) is 2. The smallest absolute Gasteiger partial charge is 0.217 e. The molecule has 29 heavy (non-hydrogen) atoms. The Hall–Kier alpha value is -2.32. The Morgan fingerprint density at radius 2 is 1.48 bits per heavy atom. The topological polar surface area (TPSA) is 46.9 Å². The van der Waals surface area contributed by atoms with Crippen molar-refractivity contribution in [2.24, 2.45) is 0 Å². The van der Waals surface area contributed by atoms with Crippen molar-refractivity contribution in [3.05, 3.63) is 94.2 Å². The molecule has 0 spiro atoms. The molecule has 1 aliphatic rings. The molecule has 4 nitrogen and oxygen atoms in total. The molecule has 0 bridgehead atoms. The van der Waals surface area contributed by atoms with E-state index in [1.165, 1.54) is 34.1 Å². The van der Waals surface area contributed by atoms with Gasteiger partial charge in [0.25, 0.3) is 0 Å². The SMILES string of the molecule is Cc1ccc(N2C(=S)N(c3ccc(Br)cc3)[C@@](O)(c3ccc(F)cc3)[C@@H]2O)cc1. The summed E-state index contributed by atoms with van der Waals surface area (Å²) >= 11 is 9.09. The third-order valence-electron chi connectivity index (χ3n) is 5.01. The Morgan fingerprint density at radius 3 is 2.07 bits per heavy atom. The predicted molar refractivity (Wildman–Crippen MR) is 119 cm³/mol. The van der Waals surface area contributed by atoms with E-state index >= 15 is 0 Å². The number of halogens is 2. The van der Waals surface area contributed by atoms with Crippen LogP contribution in [-0.2, 0) is 5.72 Å². The minimum absolute atomic E-state index is 0.232. The van der Waals surface area contributed by atoms with Gasteiger partial charge in [0, 0.05) is 21.4 Å². The summed E-state index contributed by atoms with van der Waals surface area (Å²) in [6, 6.07) is 20.1. The molecule has 3 aromatic rings. The zero-order valence-electron chi connectivity index (χ0n) is 15.5. The minimum atomic E-state index is -1.91. The highest BCUT2D eigenvalue weighted by molar-refractivity contribution is 9.10. The van der Waals surface area contributed by atoms with Gasteiger partial charge in [-0.25, -0.2) is 4.39 Å². The van der Waals surface area contributed by atoms with Crippen molar-refractivity contribution in [2.75, 3.05) is 9.80 Å². The number of aryl methyl sites for hydroxylation is 1. The normalized spacial score (nSPS) is 21.7. The van der Waals surface area contributed by atoms with Crippen molar-refractivity contribution in [3.8, 4) is 0 Å². The number of thiocarbonyl (C=S) groups is 1. The molecule has 4 rings (SSSR count). The van der Waals surface area contributed by atoms with Crippen molar-refractivity contribution >= 4 is 44.6 Å². The number of rotatable bonds is 3. The zero-order chi connectivity index (χ0) is 20.8. The summed E-state index contributed by atoms with van der Waals surface area (Å²) in [5.41, 5.74) is 0.717. The summed E-state index contributed by atoms with van der Waals surface area (Å²) in [5.74, 6) is -0.432. The lowest BCUT2D eigenvalue weighted by Gasteiger charge is -2.35. The van der Waals surface area contributed by atoms with E-state index in [-0.39, 0.29) is 5.11 Å². The third-order valence-corrected chi connectivity index (χ3v) is 5.92. The molecule has 3 aromatic carbocycles. The maximum atomic E-state index is 13.5. The van der Waals surface area contributed by atoms with Crippen molar-refractivity contribution in [1.82, 2.24) is 0 Å². The lowest BCUT2D eigenvalue weighted by atomic mass is 9.99. The predicted octanol–water partition coefficient (Wildman–Crippen LogP) is 4.67. The van der Waals surface area contributed by atoms with Crippen molar-refractivity contribution in [2.45, 2.75) is 18.9 Å². The molecule has 1 saturated heterocycles. The number of aliphatic hydroxyl groups excluding tert-OH is 1. The Morgan fingerprint density at radius 1 is 0.931 bits per heavy atom. The van der Waals surface area contributed by atoms with Gasteiger partial charge in [-0.1, -0.05) is 45.8 Å². The summed E-state index contributed by atoms with van der Waals surface area (Å²) in [5, 5.41) is 23.3. The standard InChI is InChI=1S/C22H18BrFN2O2S/c1-14-2-10-18(11-3-14)25-20(27)22(28,15-4-8-17(24)9-5-15)26(21(25)29)19-12-6-16(23)7-13-19/h2-13,20,27-28H,1H3/t20-,22+/m0/s1. The van der Waals surface area contributed by atoms with Crippen LogP contribution in [0.4, 0.5) is 15.8 Å². The van der Waals surface area contributed by atoms with E-state index in [1.54, 1.807) is 12.1 Å². The summed E-state index contributed by atoms with van der Waals surface area (Å²) in [4.78, 5) is 2.99. The van der Waals surface area contributed by atoms with Crippen molar-refractivity contribution in [1.29, 1.82) is 0 Å². The van der Waals surface area contributed by atoms with Crippen LogP contribution < -0.4 is 9.80 Å². The quantitative estimate of drug-likeness (QED) is 0.542. The van der Waals surface area contributed by atoms with Gasteiger partial charge in [-0.15, -0.1) is 0 Å². The van der Waals surface area contributed by atoms with Crippen LogP contribution in [0.5, 0.6) is 0 Å². The molecule has 2 atom stereocenters.